The van der Waals surface area contributed by atoms with Gasteiger partial charge in [-0.2, -0.15) is 0 Å². The molecular formula is C16H17NO2. The summed E-state index contributed by atoms with van der Waals surface area (Å²) < 4.78 is 0. The topological polar surface area (TPSA) is 50.2 Å². The molecule has 1 aromatic heterocycles. The summed E-state index contributed by atoms with van der Waals surface area (Å²) in [7, 11) is 0. The van der Waals surface area contributed by atoms with Crippen LogP contribution in [0.4, 0.5) is 0 Å². The van der Waals surface area contributed by atoms with Crippen LogP contribution in [0, 0.1) is 0 Å². The van der Waals surface area contributed by atoms with E-state index in [1.54, 1.807) is 6.20 Å². The highest BCUT2D eigenvalue weighted by Crippen LogP contribution is 2.27. The van der Waals surface area contributed by atoms with E-state index >= 15 is 0 Å². The van der Waals surface area contributed by atoms with E-state index in [2.05, 4.69) is 25.8 Å². The van der Waals surface area contributed by atoms with E-state index in [4.69, 9.17) is 0 Å². The van der Waals surface area contributed by atoms with Gasteiger partial charge >= 0.3 is 5.97 Å². The number of pyridine rings is 1. The Morgan fingerprint density at radius 1 is 1.11 bits per heavy atom. The van der Waals surface area contributed by atoms with Crippen LogP contribution in [0.2, 0.25) is 0 Å². The molecule has 98 valence electrons. The van der Waals surface area contributed by atoms with Crippen LogP contribution in [0.3, 0.4) is 0 Å². The SMILES string of the molecule is CC(C)(C)c1ccc(-c2cnccc2C(=O)O)cc1. The molecule has 3 heteroatoms. The third-order valence-electron chi connectivity index (χ3n) is 3.11. The highest BCUT2D eigenvalue weighted by atomic mass is 16.4. The minimum Gasteiger partial charge on any atom is -0.478 e. The quantitative estimate of drug-likeness (QED) is 0.889. The number of aromatic nitrogens is 1. The van der Waals surface area contributed by atoms with Crippen LogP contribution in [-0.4, -0.2) is 16.1 Å². The highest BCUT2D eigenvalue weighted by molar-refractivity contribution is 5.95. The number of aromatic carboxylic acids is 1. The Labute approximate surface area is 112 Å². The van der Waals surface area contributed by atoms with Gasteiger partial charge in [-0.05, 0) is 22.6 Å². The first-order valence-corrected chi connectivity index (χ1v) is 6.18. The van der Waals surface area contributed by atoms with E-state index in [0.717, 1.165) is 5.56 Å². The fourth-order valence-corrected chi connectivity index (χ4v) is 1.96. The summed E-state index contributed by atoms with van der Waals surface area (Å²) in [6.45, 7) is 6.44. The molecule has 1 aromatic carbocycles. The van der Waals surface area contributed by atoms with Crippen LogP contribution < -0.4 is 0 Å². The van der Waals surface area contributed by atoms with Crippen LogP contribution in [0.25, 0.3) is 11.1 Å². The van der Waals surface area contributed by atoms with Gasteiger partial charge < -0.3 is 5.11 Å². The lowest BCUT2D eigenvalue weighted by Crippen LogP contribution is -2.10. The number of rotatable bonds is 2. The van der Waals surface area contributed by atoms with Crippen molar-refractivity contribution in [1.82, 2.24) is 4.98 Å². The van der Waals surface area contributed by atoms with Gasteiger partial charge in [0.15, 0.2) is 0 Å². The monoisotopic (exact) mass is 255 g/mol. The molecule has 0 unspecified atom stereocenters. The van der Waals surface area contributed by atoms with Crippen molar-refractivity contribution in [1.29, 1.82) is 0 Å². The molecule has 0 aliphatic carbocycles. The summed E-state index contributed by atoms with van der Waals surface area (Å²) in [5.74, 6) is -0.933. The molecule has 0 aliphatic rings. The Bertz CT molecular complexity index is 595. The summed E-state index contributed by atoms with van der Waals surface area (Å²) in [5, 5.41) is 9.18. The zero-order chi connectivity index (χ0) is 14.0. The van der Waals surface area contributed by atoms with Crippen molar-refractivity contribution in [2.45, 2.75) is 26.2 Å². The number of hydrogen-bond acceptors (Lipinski definition) is 2. The van der Waals surface area contributed by atoms with E-state index in [0.29, 0.717) is 5.56 Å². The second-order valence-corrected chi connectivity index (χ2v) is 5.55. The van der Waals surface area contributed by atoms with Crippen molar-refractivity contribution < 1.29 is 9.90 Å². The van der Waals surface area contributed by atoms with Crippen molar-refractivity contribution in [2.75, 3.05) is 0 Å². The number of hydrogen-bond donors (Lipinski definition) is 1. The van der Waals surface area contributed by atoms with Crippen LogP contribution in [0.1, 0.15) is 36.7 Å². The van der Waals surface area contributed by atoms with Crippen molar-refractivity contribution in [2.24, 2.45) is 0 Å². The molecule has 0 saturated carbocycles. The number of nitrogens with zero attached hydrogens (tertiary/aromatic N) is 1. The largest absolute Gasteiger partial charge is 0.478 e. The third-order valence-corrected chi connectivity index (χ3v) is 3.11. The van der Waals surface area contributed by atoms with Gasteiger partial charge in [0.25, 0.3) is 0 Å². The molecule has 1 N–H and O–H groups in total. The normalized spacial score (nSPS) is 11.3. The lowest BCUT2D eigenvalue weighted by molar-refractivity contribution is 0.0697. The van der Waals surface area contributed by atoms with Crippen molar-refractivity contribution in [3.63, 3.8) is 0 Å². The minimum atomic E-state index is -0.933. The van der Waals surface area contributed by atoms with Gasteiger partial charge in [-0.25, -0.2) is 4.79 Å². The first kappa shape index (κ1) is 13.3. The summed E-state index contributed by atoms with van der Waals surface area (Å²) in [6, 6.07) is 9.49. The molecule has 0 aliphatic heterocycles. The maximum absolute atomic E-state index is 11.2. The number of carboxylic acids is 1. The van der Waals surface area contributed by atoms with Gasteiger partial charge in [0.1, 0.15) is 0 Å². The molecule has 0 fully saturated rings. The van der Waals surface area contributed by atoms with E-state index in [-0.39, 0.29) is 11.0 Å². The third kappa shape index (κ3) is 2.81. The molecule has 19 heavy (non-hydrogen) atoms. The summed E-state index contributed by atoms with van der Waals surface area (Å²) in [5.41, 5.74) is 3.10. The Morgan fingerprint density at radius 3 is 2.26 bits per heavy atom. The van der Waals surface area contributed by atoms with E-state index in [1.807, 2.05) is 24.3 Å². The molecule has 0 atom stereocenters. The minimum absolute atomic E-state index is 0.0864. The van der Waals surface area contributed by atoms with Crippen LogP contribution in [-0.2, 0) is 5.41 Å². The summed E-state index contributed by atoms with van der Waals surface area (Å²) in [4.78, 5) is 15.2. The van der Waals surface area contributed by atoms with E-state index < -0.39 is 5.97 Å². The van der Waals surface area contributed by atoms with Gasteiger partial charge in [0.2, 0.25) is 0 Å². The van der Waals surface area contributed by atoms with Crippen molar-refractivity contribution >= 4 is 5.97 Å². The van der Waals surface area contributed by atoms with Gasteiger partial charge in [0.05, 0.1) is 5.56 Å². The smallest absolute Gasteiger partial charge is 0.336 e. The first-order valence-electron chi connectivity index (χ1n) is 6.18. The Morgan fingerprint density at radius 2 is 1.74 bits per heavy atom. The van der Waals surface area contributed by atoms with Crippen LogP contribution >= 0.6 is 0 Å². The lowest BCUT2D eigenvalue weighted by atomic mass is 9.86. The molecule has 0 amide bonds. The average molecular weight is 255 g/mol. The molecule has 2 aromatic rings. The fraction of sp³-hybridized carbons (Fsp3) is 0.250. The second kappa shape index (κ2) is 4.84. The van der Waals surface area contributed by atoms with Gasteiger partial charge in [-0.3, -0.25) is 4.98 Å². The lowest BCUT2D eigenvalue weighted by Gasteiger charge is -2.19. The standard InChI is InChI=1S/C16H17NO2/c1-16(2,3)12-6-4-11(5-7-12)14-10-17-9-8-13(14)15(18)19/h4-10H,1-3H3,(H,18,19). The maximum atomic E-state index is 11.2. The Hall–Kier alpha value is -2.16. The molecule has 0 saturated heterocycles. The van der Waals surface area contributed by atoms with E-state index in [1.165, 1.54) is 17.8 Å². The van der Waals surface area contributed by atoms with Gasteiger partial charge in [-0.1, -0.05) is 45.0 Å². The molecule has 2 rings (SSSR count). The van der Waals surface area contributed by atoms with E-state index in [9.17, 15) is 9.90 Å². The molecule has 1 heterocycles. The fourth-order valence-electron chi connectivity index (χ4n) is 1.96. The predicted molar refractivity (Wildman–Crippen MR) is 75.3 cm³/mol. The number of carboxylic acid groups (broad SMARTS) is 1. The highest BCUT2D eigenvalue weighted by Gasteiger charge is 2.15. The van der Waals surface area contributed by atoms with Gasteiger partial charge in [0, 0.05) is 18.0 Å². The average Bonchev–Trinajstić information content (AvgIpc) is 2.38. The molecular weight excluding hydrogens is 238 g/mol. The first-order chi connectivity index (χ1) is 8.89. The van der Waals surface area contributed by atoms with Crippen LogP contribution in [0.15, 0.2) is 42.7 Å². The second-order valence-electron chi connectivity index (χ2n) is 5.55. The Balaban J connectivity index is 2.46. The van der Waals surface area contributed by atoms with Gasteiger partial charge in [-0.15, -0.1) is 0 Å². The predicted octanol–water partition coefficient (Wildman–Crippen LogP) is 3.74. The molecule has 3 nitrogen and oxygen atoms in total. The van der Waals surface area contributed by atoms with Crippen LogP contribution in [0.5, 0.6) is 0 Å². The molecule has 0 radical (unpaired) electrons. The summed E-state index contributed by atoms with van der Waals surface area (Å²) in [6.07, 6.45) is 3.09. The zero-order valence-corrected chi connectivity index (χ0v) is 11.3. The van der Waals surface area contributed by atoms with Crippen molar-refractivity contribution in [3.8, 4) is 11.1 Å². The molecule has 0 bridgehead atoms. The Kier molecular flexibility index (Phi) is 3.38. The number of carbonyl (C=O) groups is 1. The summed E-state index contributed by atoms with van der Waals surface area (Å²) >= 11 is 0. The number of benzene rings is 1. The zero-order valence-electron chi connectivity index (χ0n) is 11.3. The van der Waals surface area contributed by atoms with Crippen molar-refractivity contribution in [3.05, 3.63) is 53.9 Å². The maximum Gasteiger partial charge on any atom is 0.336 e. The molecule has 0 spiro atoms.